The van der Waals surface area contributed by atoms with E-state index in [4.69, 9.17) is 5.73 Å². The van der Waals surface area contributed by atoms with Crippen LogP contribution in [-0.4, -0.2) is 10.0 Å². The number of nitro benzene ring substituents is 1. The fourth-order valence-electron chi connectivity index (χ4n) is 1.89. The van der Waals surface area contributed by atoms with Crippen molar-refractivity contribution in [2.45, 2.75) is 25.8 Å². The maximum absolute atomic E-state index is 10.9. The van der Waals surface area contributed by atoms with E-state index in [2.05, 4.69) is 0 Å². The molecule has 16 heavy (non-hydrogen) atoms. The molecule has 0 bridgehead atoms. The van der Waals surface area contributed by atoms with Gasteiger partial charge in [0.25, 0.3) is 5.69 Å². The Morgan fingerprint density at radius 2 is 2.19 bits per heavy atom. The molecule has 0 saturated heterocycles. The number of nitro groups is 1. The highest BCUT2D eigenvalue weighted by Gasteiger charge is 2.35. The summed E-state index contributed by atoms with van der Waals surface area (Å²) < 4.78 is 0. The molecule has 0 radical (unpaired) electrons. The Morgan fingerprint density at radius 3 is 2.69 bits per heavy atom. The van der Waals surface area contributed by atoms with E-state index in [0.29, 0.717) is 5.56 Å². The Hall–Kier alpha value is -1.62. The third-order valence-electron chi connectivity index (χ3n) is 3.06. The van der Waals surface area contributed by atoms with Crippen LogP contribution in [0.15, 0.2) is 12.1 Å². The number of aromatic hydroxyl groups is 1. The minimum Gasteiger partial charge on any atom is -0.507 e. The Kier molecular flexibility index (Phi) is 2.55. The summed E-state index contributed by atoms with van der Waals surface area (Å²) >= 11 is 0. The average Bonchev–Trinajstić information content (AvgIpc) is 3.04. The summed E-state index contributed by atoms with van der Waals surface area (Å²) in [6.07, 6.45) is 1.96. The van der Waals surface area contributed by atoms with Gasteiger partial charge in [-0.25, -0.2) is 0 Å². The van der Waals surface area contributed by atoms with Gasteiger partial charge in [0.1, 0.15) is 5.75 Å². The van der Waals surface area contributed by atoms with Gasteiger partial charge in [-0.2, -0.15) is 0 Å². The van der Waals surface area contributed by atoms with Crippen LogP contribution in [0.3, 0.4) is 0 Å². The summed E-state index contributed by atoms with van der Waals surface area (Å²) in [5.41, 5.74) is 6.77. The van der Waals surface area contributed by atoms with E-state index in [9.17, 15) is 15.2 Å². The number of hydrogen-bond acceptors (Lipinski definition) is 4. The number of nitrogens with zero attached hydrogens (tertiary/aromatic N) is 1. The Morgan fingerprint density at radius 1 is 1.56 bits per heavy atom. The first-order valence-corrected chi connectivity index (χ1v) is 5.24. The molecule has 0 heterocycles. The molecule has 3 N–H and O–H groups in total. The molecule has 1 aliphatic carbocycles. The summed E-state index contributed by atoms with van der Waals surface area (Å²) in [6, 6.07) is 2.52. The van der Waals surface area contributed by atoms with Crippen LogP contribution in [0.5, 0.6) is 5.75 Å². The lowest BCUT2D eigenvalue weighted by molar-refractivity contribution is -0.385. The lowest BCUT2D eigenvalue weighted by Gasteiger charge is -2.14. The number of benzene rings is 1. The van der Waals surface area contributed by atoms with Gasteiger partial charge < -0.3 is 10.8 Å². The molecule has 5 heteroatoms. The number of phenolic OH excluding ortho intramolecular Hbond substituents is 1. The summed E-state index contributed by atoms with van der Waals surface area (Å²) in [4.78, 5) is 10.4. The van der Waals surface area contributed by atoms with Crippen molar-refractivity contribution in [2.24, 2.45) is 11.7 Å². The van der Waals surface area contributed by atoms with Crippen molar-refractivity contribution < 1.29 is 10.0 Å². The number of hydrogen-bond donors (Lipinski definition) is 2. The van der Waals surface area contributed by atoms with Crippen LogP contribution in [0.1, 0.15) is 30.0 Å². The van der Waals surface area contributed by atoms with Crippen LogP contribution in [0.4, 0.5) is 5.69 Å². The van der Waals surface area contributed by atoms with Crippen LogP contribution in [0.25, 0.3) is 0 Å². The molecule has 0 amide bonds. The molecular weight excluding hydrogens is 208 g/mol. The van der Waals surface area contributed by atoms with E-state index >= 15 is 0 Å². The van der Waals surface area contributed by atoms with Gasteiger partial charge in [0, 0.05) is 12.1 Å². The second-order valence-electron chi connectivity index (χ2n) is 4.28. The quantitative estimate of drug-likeness (QED) is 0.604. The van der Waals surface area contributed by atoms with Crippen molar-refractivity contribution in [1.29, 1.82) is 0 Å². The van der Waals surface area contributed by atoms with E-state index in [0.717, 1.165) is 12.8 Å². The summed E-state index contributed by atoms with van der Waals surface area (Å²) in [5.74, 6) is 0.236. The van der Waals surface area contributed by atoms with Crippen molar-refractivity contribution in [3.05, 3.63) is 33.4 Å². The second kappa shape index (κ2) is 3.75. The minimum atomic E-state index is -0.489. The van der Waals surface area contributed by atoms with Gasteiger partial charge in [-0.05, 0) is 37.3 Å². The van der Waals surface area contributed by atoms with Crippen LogP contribution >= 0.6 is 0 Å². The average molecular weight is 222 g/mol. The minimum absolute atomic E-state index is 0.0337. The highest BCUT2D eigenvalue weighted by atomic mass is 16.6. The topological polar surface area (TPSA) is 89.4 Å². The molecule has 1 saturated carbocycles. The van der Waals surface area contributed by atoms with Gasteiger partial charge in [-0.3, -0.25) is 10.1 Å². The van der Waals surface area contributed by atoms with Crippen LogP contribution in [0.2, 0.25) is 0 Å². The zero-order chi connectivity index (χ0) is 11.9. The van der Waals surface area contributed by atoms with E-state index < -0.39 is 11.0 Å². The van der Waals surface area contributed by atoms with E-state index in [1.807, 2.05) is 0 Å². The van der Waals surface area contributed by atoms with Crippen LogP contribution < -0.4 is 5.73 Å². The lowest BCUT2D eigenvalue weighted by atomic mass is 9.98. The van der Waals surface area contributed by atoms with Crippen molar-refractivity contribution >= 4 is 5.69 Å². The van der Waals surface area contributed by atoms with Crippen LogP contribution in [0, 0.1) is 23.0 Å². The molecular formula is C11H14N2O3. The van der Waals surface area contributed by atoms with Gasteiger partial charge in [0.2, 0.25) is 0 Å². The molecule has 0 aliphatic heterocycles. The fraction of sp³-hybridized carbons (Fsp3) is 0.455. The van der Waals surface area contributed by atoms with Gasteiger partial charge in [-0.15, -0.1) is 0 Å². The first-order valence-electron chi connectivity index (χ1n) is 5.24. The SMILES string of the molecule is Cc1ccc([N+](=O)[O-])c([C@@H](N)C2CC2)c1O. The Bertz CT molecular complexity index is 441. The van der Waals surface area contributed by atoms with E-state index in [-0.39, 0.29) is 22.9 Å². The predicted molar refractivity (Wildman–Crippen MR) is 59.2 cm³/mol. The molecule has 86 valence electrons. The molecule has 1 atom stereocenters. The zero-order valence-corrected chi connectivity index (χ0v) is 9.01. The first-order chi connectivity index (χ1) is 7.52. The lowest BCUT2D eigenvalue weighted by Crippen LogP contribution is -2.15. The first kappa shape index (κ1) is 10.9. The van der Waals surface area contributed by atoms with Gasteiger partial charge in [0.05, 0.1) is 10.5 Å². The largest absolute Gasteiger partial charge is 0.507 e. The molecule has 1 aromatic carbocycles. The highest BCUT2D eigenvalue weighted by molar-refractivity contribution is 5.54. The Balaban J connectivity index is 2.53. The van der Waals surface area contributed by atoms with Gasteiger partial charge >= 0.3 is 0 Å². The molecule has 0 spiro atoms. The second-order valence-corrected chi connectivity index (χ2v) is 4.28. The molecule has 1 aromatic rings. The third-order valence-corrected chi connectivity index (χ3v) is 3.06. The summed E-state index contributed by atoms with van der Waals surface area (Å²) in [6.45, 7) is 1.71. The van der Waals surface area contributed by atoms with Gasteiger partial charge in [-0.1, -0.05) is 0 Å². The molecule has 5 nitrogen and oxygen atoms in total. The molecule has 1 aliphatic rings. The molecule has 0 unspecified atom stereocenters. The molecule has 0 aromatic heterocycles. The van der Waals surface area contributed by atoms with E-state index in [1.54, 1.807) is 6.92 Å². The maximum Gasteiger partial charge on any atom is 0.277 e. The zero-order valence-electron chi connectivity index (χ0n) is 9.01. The van der Waals surface area contributed by atoms with Crippen molar-refractivity contribution in [3.8, 4) is 5.75 Å². The fourth-order valence-corrected chi connectivity index (χ4v) is 1.89. The van der Waals surface area contributed by atoms with Crippen molar-refractivity contribution in [1.82, 2.24) is 0 Å². The normalized spacial score (nSPS) is 17.1. The smallest absolute Gasteiger partial charge is 0.277 e. The van der Waals surface area contributed by atoms with E-state index in [1.165, 1.54) is 12.1 Å². The standard InChI is InChI=1S/C11H14N2O3/c1-6-2-5-8(13(15)16)9(11(6)14)10(12)7-3-4-7/h2,5,7,10,14H,3-4,12H2,1H3/t10-/m0/s1. The van der Waals surface area contributed by atoms with Gasteiger partial charge in [0.15, 0.2) is 0 Å². The summed E-state index contributed by atoms with van der Waals surface area (Å²) in [5, 5.41) is 20.8. The van der Waals surface area contributed by atoms with Crippen molar-refractivity contribution in [3.63, 3.8) is 0 Å². The number of aryl methyl sites for hydroxylation is 1. The Labute approximate surface area is 93.0 Å². The third kappa shape index (κ3) is 1.74. The summed E-state index contributed by atoms with van der Waals surface area (Å²) in [7, 11) is 0. The van der Waals surface area contributed by atoms with Crippen molar-refractivity contribution in [2.75, 3.05) is 0 Å². The molecule has 2 rings (SSSR count). The van der Waals surface area contributed by atoms with Crippen LogP contribution in [-0.2, 0) is 0 Å². The number of nitrogens with two attached hydrogens (primary N) is 1. The molecule has 1 fully saturated rings. The monoisotopic (exact) mass is 222 g/mol. The predicted octanol–water partition coefficient (Wildman–Crippen LogP) is 2.02. The highest BCUT2D eigenvalue weighted by Crippen LogP contribution is 2.45. The number of rotatable bonds is 3. The maximum atomic E-state index is 10.9. The number of phenols is 1.